The Morgan fingerprint density at radius 2 is 2.17 bits per heavy atom. The van der Waals surface area contributed by atoms with Crippen LogP contribution >= 0.6 is 11.6 Å². The second-order valence-electron chi connectivity index (χ2n) is 4.11. The molecule has 0 aliphatic heterocycles. The first kappa shape index (κ1) is 12.6. The van der Waals surface area contributed by atoms with Crippen LogP contribution in [0.25, 0.3) is 0 Å². The van der Waals surface area contributed by atoms with Crippen LogP contribution < -0.4 is 5.32 Å². The van der Waals surface area contributed by atoms with Crippen LogP contribution in [0.4, 0.5) is 5.82 Å². The number of hydrogen-bond donors (Lipinski definition) is 1. The highest BCUT2D eigenvalue weighted by molar-refractivity contribution is 6.31. The second-order valence-corrected chi connectivity index (χ2v) is 4.52. The summed E-state index contributed by atoms with van der Waals surface area (Å²) < 4.78 is 1.64. The lowest BCUT2D eigenvalue weighted by atomic mass is 10.1. The standard InChI is InChI=1S/C13H14ClN3O/c1-9-7-12(17(2)16-9)15-13(18)8-10-5-3-4-6-11(10)14/h3-7H,8H2,1-2H3,(H,15,18). The van der Waals surface area contributed by atoms with Crippen molar-refractivity contribution in [3.63, 3.8) is 0 Å². The molecule has 4 nitrogen and oxygen atoms in total. The number of carbonyl (C=O) groups excluding carboxylic acids is 1. The van der Waals surface area contributed by atoms with Gasteiger partial charge in [-0.1, -0.05) is 29.8 Å². The molecule has 1 aromatic carbocycles. The van der Waals surface area contributed by atoms with Gasteiger partial charge < -0.3 is 5.32 Å². The van der Waals surface area contributed by atoms with E-state index < -0.39 is 0 Å². The van der Waals surface area contributed by atoms with Gasteiger partial charge in [0, 0.05) is 18.1 Å². The van der Waals surface area contributed by atoms with E-state index >= 15 is 0 Å². The zero-order valence-corrected chi connectivity index (χ0v) is 11.0. The highest BCUT2D eigenvalue weighted by Gasteiger charge is 2.09. The molecule has 0 aliphatic carbocycles. The summed E-state index contributed by atoms with van der Waals surface area (Å²) in [6, 6.07) is 9.15. The van der Waals surface area contributed by atoms with Crippen molar-refractivity contribution in [3.05, 3.63) is 46.6 Å². The van der Waals surface area contributed by atoms with Crippen molar-refractivity contribution in [2.75, 3.05) is 5.32 Å². The molecule has 1 heterocycles. The summed E-state index contributed by atoms with van der Waals surface area (Å²) in [5.74, 6) is 0.579. The average molecular weight is 264 g/mol. The van der Waals surface area contributed by atoms with E-state index in [9.17, 15) is 4.79 Å². The Morgan fingerprint density at radius 1 is 1.44 bits per heavy atom. The average Bonchev–Trinajstić information content (AvgIpc) is 2.61. The minimum Gasteiger partial charge on any atom is -0.311 e. The molecule has 1 N–H and O–H groups in total. The maximum Gasteiger partial charge on any atom is 0.229 e. The van der Waals surface area contributed by atoms with Gasteiger partial charge in [-0.05, 0) is 18.6 Å². The fourth-order valence-electron chi connectivity index (χ4n) is 1.73. The topological polar surface area (TPSA) is 46.9 Å². The van der Waals surface area contributed by atoms with Crippen molar-refractivity contribution in [2.45, 2.75) is 13.3 Å². The normalized spacial score (nSPS) is 10.4. The molecule has 18 heavy (non-hydrogen) atoms. The molecule has 0 saturated carbocycles. The number of halogens is 1. The van der Waals surface area contributed by atoms with Crippen molar-refractivity contribution in [1.29, 1.82) is 0 Å². The van der Waals surface area contributed by atoms with Crippen LogP contribution in [0.3, 0.4) is 0 Å². The summed E-state index contributed by atoms with van der Waals surface area (Å²) >= 11 is 6.01. The van der Waals surface area contributed by atoms with Gasteiger partial charge in [0.2, 0.25) is 5.91 Å². The van der Waals surface area contributed by atoms with Gasteiger partial charge in [-0.15, -0.1) is 0 Å². The molecule has 0 saturated heterocycles. The summed E-state index contributed by atoms with van der Waals surface area (Å²) in [4.78, 5) is 11.9. The van der Waals surface area contributed by atoms with Crippen molar-refractivity contribution in [1.82, 2.24) is 9.78 Å². The molecule has 0 spiro atoms. The monoisotopic (exact) mass is 263 g/mol. The fraction of sp³-hybridized carbons (Fsp3) is 0.231. The molecule has 94 valence electrons. The second kappa shape index (κ2) is 5.23. The van der Waals surface area contributed by atoms with Gasteiger partial charge in [0.05, 0.1) is 12.1 Å². The minimum atomic E-state index is -0.105. The van der Waals surface area contributed by atoms with Gasteiger partial charge in [-0.25, -0.2) is 0 Å². The molecule has 0 radical (unpaired) electrons. The zero-order valence-electron chi connectivity index (χ0n) is 10.3. The van der Waals surface area contributed by atoms with Crippen LogP contribution in [0.1, 0.15) is 11.3 Å². The number of nitrogens with zero attached hydrogens (tertiary/aromatic N) is 2. The van der Waals surface area contributed by atoms with Crippen molar-refractivity contribution in [3.8, 4) is 0 Å². The lowest BCUT2D eigenvalue weighted by molar-refractivity contribution is -0.115. The number of amides is 1. The minimum absolute atomic E-state index is 0.105. The van der Waals surface area contributed by atoms with E-state index in [4.69, 9.17) is 11.6 Å². The van der Waals surface area contributed by atoms with E-state index in [-0.39, 0.29) is 12.3 Å². The van der Waals surface area contributed by atoms with Gasteiger partial charge >= 0.3 is 0 Å². The Balaban J connectivity index is 2.06. The van der Waals surface area contributed by atoms with Gasteiger partial charge in [0.15, 0.2) is 0 Å². The third-order valence-corrected chi connectivity index (χ3v) is 2.95. The third kappa shape index (κ3) is 2.90. The van der Waals surface area contributed by atoms with Gasteiger partial charge in [0.25, 0.3) is 0 Å². The number of nitrogens with one attached hydrogen (secondary N) is 1. The van der Waals surface area contributed by atoms with Crippen molar-refractivity contribution in [2.24, 2.45) is 7.05 Å². The predicted molar refractivity (Wildman–Crippen MR) is 71.7 cm³/mol. The Kier molecular flexibility index (Phi) is 3.67. The third-order valence-electron chi connectivity index (χ3n) is 2.58. The highest BCUT2D eigenvalue weighted by Crippen LogP contribution is 2.16. The van der Waals surface area contributed by atoms with Crippen LogP contribution in [0.15, 0.2) is 30.3 Å². The van der Waals surface area contributed by atoms with E-state index in [1.807, 2.05) is 31.2 Å². The van der Waals surface area contributed by atoms with Gasteiger partial charge in [-0.2, -0.15) is 5.10 Å². The quantitative estimate of drug-likeness (QED) is 0.925. The summed E-state index contributed by atoms with van der Waals surface area (Å²) in [5.41, 5.74) is 1.68. The van der Waals surface area contributed by atoms with Crippen molar-refractivity contribution >= 4 is 23.3 Å². The Morgan fingerprint density at radius 3 is 2.78 bits per heavy atom. The van der Waals surface area contributed by atoms with Crippen LogP contribution in [-0.4, -0.2) is 15.7 Å². The molecule has 2 aromatic rings. The molecular formula is C13H14ClN3O. The Bertz CT molecular complexity index is 577. The van der Waals surface area contributed by atoms with E-state index in [0.717, 1.165) is 11.3 Å². The lowest BCUT2D eigenvalue weighted by Crippen LogP contribution is -2.16. The molecule has 1 aromatic heterocycles. The van der Waals surface area contributed by atoms with Crippen LogP contribution in [0.5, 0.6) is 0 Å². The Hall–Kier alpha value is -1.81. The molecular weight excluding hydrogens is 250 g/mol. The number of rotatable bonds is 3. The van der Waals surface area contributed by atoms with Crippen molar-refractivity contribution < 1.29 is 4.79 Å². The van der Waals surface area contributed by atoms with Crippen LogP contribution in [-0.2, 0) is 18.3 Å². The number of carbonyl (C=O) groups is 1. The molecule has 1 amide bonds. The smallest absolute Gasteiger partial charge is 0.229 e. The highest BCUT2D eigenvalue weighted by atomic mass is 35.5. The molecule has 0 atom stereocenters. The summed E-state index contributed by atoms with van der Waals surface area (Å²) in [6.07, 6.45) is 0.254. The summed E-state index contributed by atoms with van der Waals surface area (Å²) in [5, 5.41) is 7.58. The number of hydrogen-bond acceptors (Lipinski definition) is 2. The molecule has 0 bridgehead atoms. The first-order valence-electron chi connectivity index (χ1n) is 5.60. The van der Waals surface area contributed by atoms with Crippen LogP contribution in [0, 0.1) is 6.92 Å². The number of aromatic nitrogens is 2. The van der Waals surface area contributed by atoms with Crippen LogP contribution in [0.2, 0.25) is 5.02 Å². The SMILES string of the molecule is Cc1cc(NC(=O)Cc2ccccc2Cl)n(C)n1. The predicted octanol–water partition coefficient (Wildman–Crippen LogP) is 2.56. The lowest BCUT2D eigenvalue weighted by Gasteiger charge is -2.06. The maximum atomic E-state index is 11.9. The van der Waals surface area contributed by atoms with Gasteiger partial charge in [-0.3, -0.25) is 9.48 Å². The fourth-order valence-corrected chi connectivity index (χ4v) is 1.93. The molecule has 0 aliphatic rings. The first-order chi connectivity index (χ1) is 8.56. The maximum absolute atomic E-state index is 11.9. The molecule has 2 rings (SSSR count). The van der Waals surface area contributed by atoms with E-state index in [1.54, 1.807) is 17.8 Å². The van der Waals surface area contributed by atoms with E-state index in [1.165, 1.54) is 0 Å². The largest absolute Gasteiger partial charge is 0.311 e. The van der Waals surface area contributed by atoms with Gasteiger partial charge in [0.1, 0.15) is 5.82 Å². The Labute approximate surface area is 111 Å². The summed E-state index contributed by atoms with van der Waals surface area (Å²) in [7, 11) is 1.79. The first-order valence-corrected chi connectivity index (χ1v) is 5.98. The zero-order chi connectivity index (χ0) is 13.1. The molecule has 0 unspecified atom stereocenters. The molecule has 0 fully saturated rings. The van der Waals surface area contributed by atoms with E-state index in [2.05, 4.69) is 10.4 Å². The number of aryl methyl sites for hydroxylation is 2. The molecule has 5 heteroatoms. The number of anilines is 1. The number of benzene rings is 1. The summed E-state index contributed by atoms with van der Waals surface area (Å²) in [6.45, 7) is 1.88. The van der Waals surface area contributed by atoms with E-state index in [0.29, 0.717) is 10.8 Å².